The van der Waals surface area contributed by atoms with Crippen molar-refractivity contribution in [3.8, 4) is 0 Å². The van der Waals surface area contributed by atoms with Crippen LogP contribution in [0.1, 0.15) is 52.9 Å². The predicted molar refractivity (Wildman–Crippen MR) is 93.5 cm³/mol. The Morgan fingerprint density at radius 3 is 2.73 bits per heavy atom. The fraction of sp³-hybridized carbons (Fsp3) is 0.941. The van der Waals surface area contributed by atoms with Crippen LogP contribution < -0.4 is 5.32 Å². The minimum Gasteiger partial charge on any atom is -0.444 e. The monoisotopic (exact) mass is 328 g/mol. The number of piperidine rings is 1. The molecule has 0 spiro atoms. The van der Waals surface area contributed by atoms with E-state index in [1.807, 2.05) is 37.4 Å². The zero-order valence-corrected chi connectivity index (χ0v) is 15.4. The van der Waals surface area contributed by atoms with Gasteiger partial charge in [0.2, 0.25) is 0 Å². The molecule has 0 bridgehead atoms. The third-order valence-corrected chi connectivity index (χ3v) is 5.76. The van der Waals surface area contributed by atoms with Crippen molar-refractivity contribution >= 4 is 17.9 Å². The van der Waals surface area contributed by atoms with E-state index in [1.165, 1.54) is 25.7 Å². The van der Waals surface area contributed by atoms with Gasteiger partial charge in [-0.2, -0.15) is 11.8 Å². The summed E-state index contributed by atoms with van der Waals surface area (Å²) in [5.74, 6) is 0.560. The highest BCUT2D eigenvalue weighted by Gasteiger charge is 2.30. The van der Waals surface area contributed by atoms with Gasteiger partial charge in [-0.25, -0.2) is 4.79 Å². The summed E-state index contributed by atoms with van der Waals surface area (Å²) in [7, 11) is 0. The van der Waals surface area contributed by atoms with Crippen molar-refractivity contribution in [1.82, 2.24) is 10.2 Å². The molecule has 1 heterocycles. The molecule has 1 saturated heterocycles. The summed E-state index contributed by atoms with van der Waals surface area (Å²) in [6, 6.07) is 0.659. The van der Waals surface area contributed by atoms with Crippen molar-refractivity contribution in [3.05, 3.63) is 0 Å². The summed E-state index contributed by atoms with van der Waals surface area (Å²) in [5, 5.41) is 4.53. The molecule has 3 unspecified atom stereocenters. The lowest BCUT2D eigenvalue weighted by Crippen LogP contribution is -2.46. The number of hydrogen-bond acceptors (Lipinski definition) is 4. The molecular weight excluding hydrogens is 296 g/mol. The van der Waals surface area contributed by atoms with Gasteiger partial charge in [-0.1, -0.05) is 6.42 Å². The summed E-state index contributed by atoms with van der Waals surface area (Å²) in [6.45, 7) is 8.48. The highest BCUT2D eigenvalue weighted by atomic mass is 32.2. The smallest absolute Gasteiger partial charge is 0.410 e. The van der Waals surface area contributed by atoms with Gasteiger partial charge in [0.1, 0.15) is 5.60 Å². The van der Waals surface area contributed by atoms with Gasteiger partial charge in [0.25, 0.3) is 0 Å². The van der Waals surface area contributed by atoms with E-state index in [0.717, 1.165) is 31.3 Å². The third kappa shape index (κ3) is 5.34. The second kappa shape index (κ2) is 7.91. The van der Waals surface area contributed by atoms with Crippen LogP contribution in [-0.4, -0.2) is 53.8 Å². The first-order valence-corrected chi connectivity index (χ1v) is 9.92. The van der Waals surface area contributed by atoms with Gasteiger partial charge < -0.3 is 15.0 Å². The molecule has 1 saturated carbocycles. The van der Waals surface area contributed by atoms with Crippen molar-refractivity contribution in [2.24, 2.45) is 5.92 Å². The molecule has 22 heavy (non-hydrogen) atoms. The van der Waals surface area contributed by atoms with E-state index in [9.17, 15) is 4.79 Å². The molecule has 1 N–H and O–H groups in total. The topological polar surface area (TPSA) is 41.6 Å². The van der Waals surface area contributed by atoms with E-state index in [-0.39, 0.29) is 6.09 Å². The number of likely N-dealkylation sites (tertiary alicyclic amines) is 1. The molecule has 2 rings (SSSR count). The van der Waals surface area contributed by atoms with Crippen LogP contribution in [0.15, 0.2) is 0 Å². The minimum atomic E-state index is -0.405. The van der Waals surface area contributed by atoms with Crippen molar-refractivity contribution in [2.45, 2.75) is 69.8 Å². The molecule has 2 aliphatic rings. The molecule has 3 atom stereocenters. The molecule has 5 heteroatoms. The maximum atomic E-state index is 12.2. The largest absolute Gasteiger partial charge is 0.444 e. The van der Waals surface area contributed by atoms with Crippen LogP contribution in [0.3, 0.4) is 0 Å². The molecule has 1 aliphatic heterocycles. The Hall–Kier alpha value is -0.420. The van der Waals surface area contributed by atoms with Crippen LogP contribution >= 0.6 is 11.8 Å². The van der Waals surface area contributed by atoms with Gasteiger partial charge in [-0.05, 0) is 65.2 Å². The van der Waals surface area contributed by atoms with Gasteiger partial charge in [-0.15, -0.1) is 0 Å². The van der Waals surface area contributed by atoms with Crippen LogP contribution in [0.2, 0.25) is 0 Å². The van der Waals surface area contributed by atoms with E-state index < -0.39 is 5.60 Å². The number of ether oxygens (including phenoxy) is 1. The van der Waals surface area contributed by atoms with E-state index in [2.05, 4.69) is 11.6 Å². The van der Waals surface area contributed by atoms with Gasteiger partial charge in [0.05, 0.1) is 0 Å². The highest BCUT2D eigenvalue weighted by Crippen LogP contribution is 2.29. The van der Waals surface area contributed by atoms with Crippen LogP contribution in [-0.2, 0) is 4.74 Å². The molecular formula is C17H32N2O2S. The van der Waals surface area contributed by atoms with E-state index in [1.54, 1.807) is 0 Å². The first kappa shape index (κ1) is 17.9. The number of rotatable bonds is 4. The summed E-state index contributed by atoms with van der Waals surface area (Å²) in [4.78, 5) is 14.1. The second-order valence-corrected chi connectivity index (χ2v) is 8.73. The number of nitrogens with one attached hydrogen (secondary N) is 1. The average Bonchev–Trinajstić information content (AvgIpc) is 2.91. The van der Waals surface area contributed by atoms with Crippen LogP contribution in [0.4, 0.5) is 4.79 Å². The molecule has 0 aromatic carbocycles. The number of hydrogen-bond donors (Lipinski definition) is 1. The van der Waals surface area contributed by atoms with Gasteiger partial charge in [-0.3, -0.25) is 0 Å². The molecule has 0 aromatic rings. The maximum absolute atomic E-state index is 12.2. The Morgan fingerprint density at radius 2 is 2.05 bits per heavy atom. The van der Waals surface area contributed by atoms with Gasteiger partial charge in [0.15, 0.2) is 0 Å². The fourth-order valence-corrected chi connectivity index (χ4v) is 4.45. The number of thioether (sulfide) groups is 1. The molecule has 4 nitrogen and oxygen atoms in total. The Kier molecular flexibility index (Phi) is 6.45. The van der Waals surface area contributed by atoms with Crippen molar-refractivity contribution < 1.29 is 9.53 Å². The summed E-state index contributed by atoms with van der Waals surface area (Å²) >= 11 is 1.99. The average molecular weight is 329 g/mol. The predicted octanol–water partition coefficient (Wildman–Crippen LogP) is 3.51. The first-order chi connectivity index (χ1) is 10.4. The highest BCUT2D eigenvalue weighted by molar-refractivity contribution is 7.99. The standard InChI is InChI=1S/C17H32N2O2S/c1-17(2,3)21-16(20)19-10-6-7-13(12-19)11-18-14-8-5-9-15(14)22-4/h13-15,18H,5-12H2,1-4H3. The third-order valence-electron chi connectivity index (χ3n) is 4.59. The molecule has 128 valence electrons. The van der Waals surface area contributed by atoms with Crippen molar-refractivity contribution in [3.63, 3.8) is 0 Å². The lowest BCUT2D eigenvalue weighted by atomic mass is 9.98. The number of carbonyl (C=O) groups excluding carboxylic acids is 1. The number of carbonyl (C=O) groups is 1. The summed E-state index contributed by atoms with van der Waals surface area (Å²) in [6.07, 6.45) is 8.35. The Labute approximate surface area is 139 Å². The number of amides is 1. The summed E-state index contributed by atoms with van der Waals surface area (Å²) in [5.41, 5.74) is -0.405. The second-order valence-electron chi connectivity index (χ2n) is 7.65. The zero-order valence-electron chi connectivity index (χ0n) is 14.6. The SMILES string of the molecule is CSC1CCCC1NCC1CCCN(C(=O)OC(C)(C)C)C1. The lowest BCUT2D eigenvalue weighted by Gasteiger charge is -2.35. The van der Waals surface area contributed by atoms with E-state index >= 15 is 0 Å². The fourth-order valence-electron chi connectivity index (χ4n) is 3.48. The first-order valence-electron chi connectivity index (χ1n) is 8.63. The maximum Gasteiger partial charge on any atom is 0.410 e. The van der Waals surface area contributed by atoms with Crippen LogP contribution in [0.25, 0.3) is 0 Å². The van der Waals surface area contributed by atoms with Gasteiger partial charge >= 0.3 is 6.09 Å². The number of nitrogens with zero attached hydrogens (tertiary/aromatic N) is 1. The molecule has 0 radical (unpaired) electrons. The molecule has 1 aliphatic carbocycles. The quantitative estimate of drug-likeness (QED) is 0.857. The van der Waals surface area contributed by atoms with Gasteiger partial charge in [0, 0.05) is 24.4 Å². The van der Waals surface area contributed by atoms with E-state index in [4.69, 9.17) is 4.74 Å². The Balaban J connectivity index is 1.77. The van der Waals surface area contributed by atoms with E-state index in [0.29, 0.717) is 12.0 Å². The Bertz CT molecular complexity index is 370. The van der Waals surface area contributed by atoms with Crippen LogP contribution in [0, 0.1) is 5.92 Å². The van der Waals surface area contributed by atoms with Crippen molar-refractivity contribution in [1.29, 1.82) is 0 Å². The zero-order chi connectivity index (χ0) is 16.2. The summed E-state index contributed by atoms with van der Waals surface area (Å²) < 4.78 is 5.50. The Morgan fingerprint density at radius 1 is 1.27 bits per heavy atom. The minimum absolute atomic E-state index is 0.153. The molecule has 0 aromatic heterocycles. The normalized spacial score (nSPS) is 29.6. The lowest BCUT2D eigenvalue weighted by molar-refractivity contribution is 0.0165. The van der Waals surface area contributed by atoms with Crippen LogP contribution in [0.5, 0.6) is 0 Å². The molecule has 2 fully saturated rings. The molecule has 1 amide bonds. The van der Waals surface area contributed by atoms with Crippen molar-refractivity contribution in [2.75, 3.05) is 25.9 Å².